The highest BCUT2D eigenvalue weighted by Gasteiger charge is 2.18. The van der Waals surface area contributed by atoms with Crippen LogP contribution in [0.5, 0.6) is 0 Å². The molecule has 0 aromatic carbocycles. The normalized spacial score (nSPS) is 11.5. The SMILES string of the molecule is CCOCCOC(=O)c1cc(S(N)(=O)=O)cn1C. The minimum Gasteiger partial charge on any atom is -0.459 e. The molecule has 8 heteroatoms. The third-order valence-corrected chi connectivity index (χ3v) is 3.06. The summed E-state index contributed by atoms with van der Waals surface area (Å²) in [5.41, 5.74) is 0.121. The average Bonchev–Trinajstić information content (AvgIpc) is 2.66. The molecule has 0 aliphatic rings. The van der Waals surface area contributed by atoms with Crippen molar-refractivity contribution in [2.24, 2.45) is 12.2 Å². The lowest BCUT2D eigenvalue weighted by atomic mass is 10.4. The molecule has 18 heavy (non-hydrogen) atoms. The molecule has 0 saturated carbocycles. The van der Waals surface area contributed by atoms with Crippen molar-refractivity contribution >= 4 is 16.0 Å². The first-order valence-corrected chi connectivity index (χ1v) is 6.85. The summed E-state index contributed by atoms with van der Waals surface area (Å²) in [6, 6.07) is 1.18. The highest BCUT2D eigenvalue weighted by molar-refractivity contribution is 7.89. The lowest BCUT2D eigenvalue weighted by Crippen LogP contribution is -2.13. The van der Waals surface area contributed by atoms with E-state index < -0.39 is 16.0 Å². The van der Waals surface area contributed by atoms with Crippen molar-refractivity contribution in [3.05, 3.63) is 18.0 Å². The number of carbonyl (C=O) groups excluding carboxylic acids is 1. The number of aryl methyl sites for hydroxylation is 1. The zero-order valence-corrected chi connectivity index (χ0v) is 11.1. The smallest absolute Gasteiger partial charge is 0.355 e. The lowest BCUT2D eigenvalue weighted by molar-refractivity contribution is 0.0326. The van der Waals surface area contributed by atoms with E-state index in [1.807, 2.05) is 6.92 Å². The second-order valence-corrected chi connectivity index (χ2v) is 5.11. The molecular formula is C10H16N2O5S. The molecule has 0 fully saturated rings. The van der Waals surface area contributed by atoms with Gasteiger partial charge in [0.1, 0.15) is 17.2 Å². The Labute approximate surface area is 106 Å². The van der Waals surface area contributed by atoms with E-state index >= 15 is 0 Å². The van der Waals surface area contributed by atoms with Gasteiger partial charge in [-0.3, -0.25) is 0 Å². The zero-order chi connectivity index (χ0) is 13.8. The van der Waals surface area contributed by atoms with Crippen LogP contribution in [0.3, 0.4) is 0 Å². The zero-order valence-electron chi connectivity index (χ0n) is 10.3. The Kier molecular flexibility index (Phi) is 4.88. The fourth-order valence-electron chi connectivity index (χ4n) is 1.30. The Morgan fingerprint density at radius 2 is 2.11 bits per heavy atom. The van der Waals surface area contributed by atoms with Gasteiger partial charge in [-0.2, -0.15) is 0 Å². The molecule has 1 rings (SSSR count). The second-order valence-electron chi connectivity index (χ2n) is 3.55. The molecule has 7 nitrogen and oxygen atoms in total. The first kappa shape index (κ1) is 14.7. The van der Waals surface area contributed by atoms with Crippen molar-refractivity contribution in [1.82, 2.24) is 4.57 Å². The molecular weight excluding hydrogens is 260 g/mol. The summed E-state index contributed by atoms with van der Waals surface area (Å²) >= 11 is 0. The number of rotatable bonds is 6. The number of esters is 1. The van der Waals surface area contributed by atoms with Gasteiger partial charge in [0.2, 0.25) is 10.0 Å². The van der Waals surface area contributed by atoms with Gasteiger partial charge in [-0.25, -0.2) is 18.4 Å². The fourth-order valence-corrected chi connectivity index (χ4v) is 1.89. The number of aromatic nitrogens is 1. The van der Waals surface area contributed by atoms with E-state index in [0.717, 1.165) is 0 Å². The van der Waals surface area contributed by atoms with Gasteiger partial charge in [0, 0.05) is 19.9 Å². The van der Waals surface area contributed by atoms with Crippen molar-refractivity contribution in [2.75, 3.05) is 19.8 Å². The number of carbonyl (C=O) groups is 1. The summed E-state index contributed by atoms with van der Waals surface area (Å²) in [6.07, 6.45) is 1.26. The molecule has 1 aromatic rings. The van der Waals surface area contributed by atoms with Gasteiger partial charge < -0.3 is 14.0 Å². The Balaban J connectivity index is 2.72. The van der Waals surface area contributed by atoms with E-state index in [4.69, 9.17) is 14.6 Å². The van der Waals surface area contributed by atoms with Gasteiger partial charge in [-0.15, -0.1) is 0 Å². The summed E-state index contributed by atoms with van der Waals surface area (Å²) in [5, 5.41) is 4.97. The van der Waals surface area contributed by atoms with Crippen LogP contribution < -0.4 is 5.14 Å². The molecule has 0 aliphatic carbocycles. The maximum Gasteiger partial charge on any atom is 0.355 e. The van der Waals surface area contributed by atoms with Crippen LogP contribution in [0.4, 0.5) is 0 Å². The first-order valence-electron chi connectivity index (χ1n) is 5.30. The maximum atomic E-state index is 11.6. The Morgan fingerprint density at radius 3 is 2.61 bits per heavy atom. The van der Waals surface area contributed by atoms with Crippen LogP contribution in [0.2, 0.25) is 0 Å². The van der Waals surface area contributed by atoms with Gasteiger partial charge in [0.05, 0.1) is 6.61 Å². The van der Waals surface area contributed by atoms with E-state index in [9.17, 15) is 13.2 Å². The molecule has 0 unspecified atom stereocenters. The number of primary sulfonamides is 1. The molecule has 102 valence electrons. The Morgan fingerprint density at radius 1 is 1.44 bits per heavy atom. The third-order valence-electron chi connectivity index (χ3n) is 2.18. The van der Waals surface area contributed by atoms with Crippen LogP contribution >= 0.6 is 0 Å². The van der Waals surface area contributed by atoms with E-state index in [1.54, 1.807) is 0 Å². The van der Waals surface area contributed by atoms with Crippen LogP contribution in [-0.4, -0.2) is 38.8 Å². The third kappa shape index (κ3) is 3.83. The van der Waals surface area contributed by atoms with Gasteiger partial charge in [0.25, 0.3) is 0 Å². The predicted molar refractivity (Wildman–Crippen MR) is 63.6 cm³/mol. The molecule has 0 spiro atoms. The molecule has 0 bridgehead atoms. The molecule has 1 heterocycles. The monoisotopic (exact) mass is 276 g/mol. The van der Waals surface area contributed by atoms with Crippen molar-refractivity contribution in [1.29, 1.82) is 0 Å². The van der Waals surface area contributed by atoms with Crippen molar-refractivity contribution in [2.45, 2.75) is 11.8 Å². The summed E-state index contributed by atoms with van der Waals surface area (Å²) in [5.74, 6) is -0.618. The van der Waals surface area contributed by atoms with E-state index in [1.165, 1.54) is 23.9 Å². The fraction of sp³-hybridized carbons (Fsp3) is 0.500. The standard InChI is InChI=1S/C10H16N2O5S/c1-3-16-4-5-17-10(13)9-6-8(7-12(9)2)18(11,14)15/h6-7H,3-5H2,1-2H3,(H2,11,14,15). The van der Waals surface area contributed by atoms with Crippen molar-refractivity contribution in [3.8, 4) is 0 Å². The van der Waals surface area contributed by atoms with Crippen LogP contribution in [0.1, 0.15) is 17.4 Å². The maximum absolute atomic E-state index is 11.6. The van der Waals surface area contributed by atoms with E-state index in [2.05, 4.69) is 0 Å². The van der Waals surface area contributed by atoms with Crippen LogP contribution in [-0.2, 0) is 26.5 Å². The average molecular weight is 276 g/mol. The van der Waals surface area contributed by atoms with Gasteiger partial charge in [0.15, 0.2) is 0 Å². The highest BCUT2D eigenvalue weighted by Crippen LogP contribution is 2.12. The van der Waals surface area contributed by atoms with E-state index in [0.29, 0.717) is 13.2 Å². The highest BCUT2D eigenvalue weighted by atomic mass is 32.2. The van der Waals surface area contributed by atoms with Gasteiger partial charge in [-0.1, -0.05) is 0 Å². The summed E-state index contributed by atoms with van der Waals surface area (Å²) < 4.78 is 33.5. The van der Waals surface area contributed by atoms with Crippen LogP contribution in [0, 0.1) is 0 Å². The largest absolute Gasteiger partial charge is 0.459 e. The van der Waals surface area contributed by atoms with Crippen LogP contribution in [0.25, 0.3) is 0 Å². The van der Waals surface area contributed by atoms with Crippen molar-refractivity contribution in [3.63, 3.8) is 0 Å². The quantitative estimate of drug-likeness (QED) is 0.576. The van der Waals surface area contributed by atoms with Crippen LogP contribution in [0.15, 0.2) is 17.2 Å². The summed E-state index contributed by atoms with van der Waals surface area (Å²) in [4.78, 5) is 11.5. The number of nitrogens with two attached hydrogens (primary N) is 1. The lowest BCUT2D eigenvalue weighted by Gasteiger charge is -2.05. The molecule has 0 saturated heterocycles. The molecule has 1 aromatic heterocycles. The minimum absolute atomic E-state index is 0.114. The molecule has 0 amide bonds. The molecule has 0 atom stereocenters. The Hall–Kier alpha value is -1.38. The summed E-state index contributed by atoms with van der Waals surface area (Å²) in [7, 11) is -2.28. The molecule has 2 N–H and O–H groups in total. The number of ether oxygens (including phenoxy) is 2. The predicted octanol–water partition coefficient (Wildman–Crippen LogP) is -0.134. The molecule has 0 aliphatic heterocycles. The Bertz CT molecular complexity index is 520. The summed E-state index contributed by atoms with van der Waals surface area (Å²) in [6.45, 7) is 2.78. The van der Waals surface area contributed by atoms with Crippen molar-refractivity contribution < 1.29 is 22.7 Å². The first-order chi connectivity index (χ1) is 8.36. The second kappa shape index (κ2) is 5.98. The number of sulfonamides is 1. The molecule has 0 radical (unpaired) electrons. The topological polar surface area (TPSA) is 101 Å². The van der Waals surface area contributed by atoms with Gasteiger partial charge in [-0.05, 0) is 13.0 Å². The van der Waals surface area contributed by atoms with Gasteiger partial charge >= 0.3 is 5.97 Å². The van der Waals surface area contributed by atoms with E-state index in [-0.39, 0.29) is 17.2 Å². The number of nitrogens with zero attached hydrogens (tertiary/aromatic N) is 1. The number of hydrogen-bond acceptors (Lipinski definition) is 5. The minimum atomic E-state index is -3.82. The number of hydrogen-bond donors (Lipinski definition) is 1.